The Kier molecular flexibility index (Phi) is 6.07. The van der Waals surface area contributed by atoms with Crippen LogP contribution < -0.4 is 10.6 Å². The van der Waals surface area contributed by atoms with Gasteiger partial charge in [-0.3, -0.25) is 9.59 Å². The second-order valence-corrected chi connectivity index (χ2v) is 5.52. The third-order valence-corrected chi connectivity index (χ3v) is 3.70. The fourth-order valence-corrected chi connectivity index (χ4v) is 2.45. The molecule has 2 rings (SSSR count). The van der Waals surface area contributed by atoms with Crippen molar-refractivity contribution in [2.45, 2.75) is 0 Å². The molecule has 4 N–H and O–H groups in total. The summed E-state index contributed by atoms with van der Waals surface area (Å²) in [6.07, 6.45) is 2.07. The van der Waals surface area contributed by atoms with E-state index in [1.165, 1.54) is 36.4 Å². The van der Waals surface area contributed by atoms with E-state index in [0.717, 1.165) is 12.2 Å². The second kappa shape index (κ2) is 8.45. The lowest BCUT2D eigenvalue weighted by molar-refractivity contribution is -0.112. The summed E-state index contributed by atoms with van der Waals surface area (Å²) in [4.78, 5) is 46.2. The van der Waals surface area contributed by atoms with Crippen molar-refractivity contribution < 1.29 is 29.4 Å². The van der Waals surface area contributed by atoms with Crippen LogP contribution in [0.5, 0.6) is 0 Å². The molecule has 2 aromatic rings. The zero-order valence-corrected chi connectivity index (χ0v) is 14.6. The molecule has 0 heterocycles. The number of carbonyl (C=O) groups is 4. The van der Waals surface area contributed by atoms with Crippen LogP contribution in [0.15, 0.2) is 61.7 Å². The highest BCUT2D eigenvalue weighted by Gasteiger charge is 2.19. The third-order valence-electron chi connectivity index (χ3n) is 3.70. The summed E-state index contributed by atoms with van der Waals surface area (Å²) in [5.74, 6) is -3.63. The van der Waals surface area contributed by atoms with Gasteiger partial charge >= 0.3 is 11.9 Å². The van der Waals surface area contributed by atoms with E-state index in [1.807, 2.05) is 0 Å². The molecule has 8 heteroatoms. The normalized spacial score (nSPS) is 9.86. The van der Waals surface area contributed by atoms with E-state index < -0.39 is 23.8 Å². The highest BCUT2D eigenvalue weighted by molar-refractivity contribution is 6.06. The summed E-state index contributed by atoms with van der Waals surface area (Å²) in [6, 6.07) is 8.12. The monoisotopic (exact) mass is 380 g/mol. The number of carboxylic acid groups (broad SMARTS) is 2. The molecule has 0 spiro atoms. The van der Waals surface area contributed by atoms with E-state index in [-0.39, 0.29) is 33.6 Å². The van der Waals surface area contributed by atoms with Gasteiger partial charge in [0.2, 0.25) is 11.8 Å². The van der Waals surface area contributed by atoms with Gasteiger partial charge in [-0.05, 0) is 47.5 Å². The summed E-state index contributed by atoms with van der Waals surface area (Å²) in [5, 5.41) is 24.0. The molecule has 0 saturated heterocycles. The van der Waals surface area contributed by atoms with Crippen molar-refractivity contribution in [2.75, 3.05) is 10.6 Å². The number of hydrogen-bond acceptors (Lipinski definition) is 4. The molecule has 0 aliphatic heterocycles. The third kappa shape index (κ3) is 4.50. The molecule has 0 saturated carbocycles. The number of carbonyl (C=O) groups excluding carboxylic acids is 2. The highest BCUT2D eigenvalue weighted by Crippen LogP contribution is 2.31. The minimum Gasteiger partial charge on any atom is -0.478 e. The van der Waals surface area contributed by atoms with Crippen LogP contribution in [0.4, 0.5) is 11.4 Å². The van der Waals surface area contributed by atoms with Crippen LogP contribution in [0.2, 0.25) is 0 Å². The van der Waals surface area contributed by atoms with Crippen molar-refractivity contribution in [1.82, 2.24) is 0 Å². The fraction of sp³-hybridized carbons (Fsp3) is 0. The van der Waals surface area contributed by atoms with Crippen LogP contribution in [0.3, 0.4) is 0 Å². The molecular weight excluding hydrogens is 364 g/mol. The van der Waals surface area contributed by atoms with Gasteiger partial charge in [-0.2, -0.15) is 0 Å². The Morgan fingerprint density at radius 3 is 1.36 bits per heavy atom. The Balaban J connectivity index is 2.59. The Morgan fingerprint density at radius 2 is 1.07 bits per heavy atom. The molecule has 0 unspecified atom stereocenters. The smallest absolute Gasteiger partial charge is 0.336 e. The first kappa shape index (κ1) is 20.1. The van der Waals surface area contributed by atoms with Crippen LogP contribution in [0, 0.1) is 0 Å². The average molecular weight is 380 g/mol. The molecule has 0 atom stereocenters. The highest BCUT2D eigenvalue weighted by atomic mass is 16.4. The van der Waals surface area contributed by atoms with E-state index in [9.17, 15) is 29.4 Å². The first-order valence-corrected chi connectivity index (χ1v) is 7.88. The minimum absolute atomic E-state index is 0.142. The number of aromatic carboxylic acids is 2. The molecule has 0 aromatic heterocycles. The largest absolute Gasteiger partial charge is 0.478 e. The van der Waals surface area contributed by atoms with Crippen LogP contribution in [-0.4, -0.2) is 34.0 Å². The number of rotatable bonds is 7. The van der Waals surface area contributed by atoms with Gasteiger partial charge in [0.05, 0.1) is 11.1 Å². The Hall–Kier alpha value is -4.20. The summed E-state index contributed by atoms with van der Waals surface area (Å²) in [7, 11) is 0. The fourth-order valence-electron chi connectivity index (χ4n) is 2.45. The zero-order chi connectivity index (χ0) is 20.8. The van der Waals surface area contributed by atoms with E-state index in [0.29, 0.717) is 0 Å². The number of nitrogens with one attached hydrogen (secondary N) is 2. The van der Waals surface area contributed by atoms with Gasteiger partial charge in [0.1, 0.15) is 0 Å². The van der Waals surface area contributed by atoms with Gasteiger partial charge in [-0.15, -0.1) is 0 Å². The zero-order valence-electron chi connectivity index (χ0n) is 14.6. The van der Waals surface area contributed by atoms with E-state index in [2.05, 4.69) is 23.8 Å². The van der Waals surface area contributed by atoms with Crippen molar-refractivity contribution in [1.29, 1.82) is 0 Å². The first-order valence-electron chi connectivity index (χ1n) is 7.88. The molecule has 2 amide bonds. The second-order valence-electron chi connectivity index (χ2n) is 5.52. The van der Waals surface area contributed by atoms with Crippen molar-refractivity contribution in [2.24, 2.45) is 0 Å². The van der Waals surface area contributed by atoms with Gasteiger partial charge in [0.25, 0.3) is 0 Å². The Labute approximate surface area is 159 Å². The van der Waals surface area contributed by atoms with Crippen molar-refractivity contribution in [3.63, 3.8) is 0 Å². The molecule has 0 aliphatic carbocycles. The number of carboxylic acids is 2. The molecule has 0 aliphatic rings. The predicted molar refractivity (Wildman–Crippen MR) is 103 cm³/mol. The molecule has 28 heavy (non-hydrogen) atoms. The summed E-state index contributed by atoms with van der Waals surface area (Å²) < 4.78 is 0. The lowest BCUT2D eigenvalue weighted by Gasteiger charge is -2.13. The number of amides is 2. The minimum atomic E-state index is -1.30. The summed E-state index contributed by atoms with van der Waals surface area (Å²) in [6.45, 7) is 6.63. The lowest BCUT2D eigenvalue weighted by Crippen LogP contribution is -2.11. The molecule has 8 nitrogen and oxygen atoms in total. The maximum atomic E-state index is 11.7. The van der Waals surface area contributed by atoms with Gasteiger partial charge in [-0.25, -0.2) is 9.59 Å². The molecular formula is C20H16N2O6. The Bertz CT molecular complexity index is 928. The standard InChI is InChI=1S/C20H16N2O6/c1-3-17(23)21-11-5-7-13(15(9-11)19(25)26)14-8-6-12(22-18(24)4-2)10-16(14)20(27)28/h3-10H,1-2H2,(H,21,23)(H,22,24)(H,25,26)(H,27,28). The van der Waals surface area contributed by atoms with Crippen molar-refractivity contribution in [3.05, 3.63) is 72.8 Å². The summed E-state index contributed by atoms with van der Waals surface area (Å²) >= 11 is 0. The molecule has 0 radical (unpaired) electrons. The van der Waals surface area contributed by atoms with Gasteiger partial charge < -0.3 is 20.8 Å². The van der Waals surface area contributed by atoms with Crippen LogP contribution in [0.25, 0.3) is 11.1 Å². The topological polar surface area (TPSA) is 133 Å². The average Bonchev–Trinajstić information content (AvgIpc) is 2.67. The van der Waals surface area contributed by atoms with Crippen molar-refractivity contribution >= 4 is 35.1 Å². The van der Waals surface area contributed by atoms with E-state index in [4.69, 9.17) is 0 Å². The molecule has 0 fully saturated rings. The maximum Gasteiger partial charge on any atom is 0.336 e. The van der Waals surface area contributed by atoms with Gasteiger partial charge in [0.15, 0.2) is 0 Å². The first-order chi connectivity index (χ1) is 13.3. The van der Waals surface area contributed by atoms with E-state index >= 15 is 0 Å². The van der Waals surface area contributed by atoms with Gasteiger partial charge in [0, 0.05) is 11.4 Å². The van der Waals surface area contributed by atoms with Gasteiger partial charge in [-0.1, -0.05) is 25.3 Å². The molecule has 2 aromatic carbocycles. The quantitative estimate of drug-likeness (QED) is 0.546. The lowest BCUT2D eigenvalue weighted by atomic mass is 9.94. The SMILES string of the molecule is C=CC(=O)Nc1ccc(-c2ccc(NC(=O)C=C)cc2C(=O)O)c(C(=O)O)c1. The van der Waals surface area contributed by atoms with E-state index in [1.54, 1.807) is 0 Å². The predicted octanol–water partition coefficient (Wildman–Crippen LogP) is 3.00. The molecule has 142 valence electrons. The number of hydrogen-bond donors (Lipinski definition) is 4. The number of benzene rings is 2. The number of anilines is 2. The van der Waals surface area contributed by atoms with Crippen LogP contribution in [-0.2, 0) is 9.59 Å². The van der Waals surface area contributed by atoms with Crippen molar-refractivity contribution in [3.8, 4) is 11.1 Å². The van der Waals surface area contributed by atoms with Crippen LogP contribution >= 0.6 is 0 Å². The summed E-state index contributed by atoms with van der Waals surface area (Å²) in [5.41, 5.74) is 0.321. The maximum absolute atomic E-state index is 11.7. The molecule has 0 bridgehead atoms. The van der Waals surface area contributed by atoms with Crippen LogP contribution in [0.1, 0.15) is 20.7 Å². The Morgan fingerprint density at radius 1 is 0.714 bits per heavy atom.